The molecule has 3 aromatic rings. The molecular formula is C16H14N4O. The van der Waals surface area contributed by atoms with Crippen molar-refractivity contribution in [3.63, 3.8) is 0 Å². The van der Waals surface area contributed by atoms with Gasteiger partial charge in [-0.15, -0.1) is 0 Å². The van der Waals surface area contributed by atoms with Crippen molar-refractivity contribution in [1.82, 2.24) is 15.0 Å². The Labute approximate surface area is 122 Å². The second-order valence-corrected chi connectivity index (χ2v) is 4.45. The van der Waals surface area contributed by atoms with E-state index in [9.17, 15) is 0 Å². The van der Waals surface area contributed by atoms with Gasteiger partial charge in [-0.25, -0.2) is 0 Å². The summed E-state index contributed by atoms with van der Waals surface area (Å²) >= 11 is 0. The molecule has 2 aromatic carbocycles. The van der Waals surface area contributed by atoms with E-state index < -0.39 is 0 Å². The molecular weight excluding hydrogens is 264 g/mol. The predicted molar refractivity (Wildman–Crippen MR) is 81.7 cm³/mol. The van der Waals surface area contributed by atoms with Gasteiger partial charge in [0.25, 0.3) is 0 Å². The lowest BCUT2D eigenvalue weighted by atomic mass is 10.0. The Hall–Kier alpha value is -2.95. The zero-order valence-electron chi connectivity index (χ0n) is 11.5. The van der Waals surface area contributed by atoms with Gasteiger partial charge in [0.2, 0.25) is 5.95 Å². The smallest absolute Gasteiger partial charge is 0.321 e. The summed E-state index contributed by atoms with van der Waals surface area (Å²) in [4.78, 5) is 12.2. The van der Waals surface area contributed by atoms with Crippen molar-refractivity contribution in [3.8, 4) is 28.5 Å². The van der Waals surface area contributed by atoms with E-state index in [1.54, 1.807) is 0 Å². The van der Waals surface area contributed by atoms with Gasteiger partial charge < -0.3 is 10.5 Å². The van der Waals surface area contributed by atoms with E-state index in [1.807, 2.05) is 42.5 Å². The number of nitrogens with two attached hydrogens (primary N) is 1. The maximum atomic E-state index is 5.65. The van der Waals surface area contributed by atoms with Crippen molar-refractivity contribution < 1.29 is 4.74 Å². The highest BCUT2D eigenvalue weighted by atomic mass is 16.5. The summed E-state index contributed by atoms with van der Waals surface area (Å²) < 4.78 is 5.01. The van der Waals surface area contributed by atoms with Gasteiger partial charge in [-0.2, -0.15) is 15.0 Å². The third kappa shape index (κ3) is 2.81. The van der Waals surface area contributed by atoms with E-state index in [1.165, 1.54) is 7.11 Å². The van der Waals surface area contributed by atoms with Crippen molar-refractivity contribution in [2.75, 3.05) is 12.8 Å². The van der Waals surface area contributed by atoms with Crippen LogP contribution >= 0.6 is 0 Å². The Morgan fingerprint density at radius 1 is 0.762 bits per heavy atom. The number of anilines is 1. The summed E-state index contributed by atoms with van der Waals surface area (Å²) in [6.07, 6.45) is 0. The Bertz CT molecular complexity index is 742. The standard InChI is InChI=1S/C16H14N4O/c1-21-16-19-14(18-15(17)20-16)13-9-7-12(8-10-13)11-5-3-2-4-6-11/h2-10H,1H3,(H2,17,18,19,20). The van der Waals surface area contributed by atoms with Gasteiger partial charge >= 0.3 is 6.01 Å². The first-order valence-corrected chi connectivity index (χ1v) is 6.47. The maximum absolute atomic E-state index is 5.65. The molecule has 0 aliphatic carbocycles. The molecule has 0 atom stereocenters. The first kappa shape index (κ1) is 13.1. The number of nitrogens with zero attached hydrogens (tertiary/aromatic N) is 3. The van der Waals surface area contributed by atoms with Crippen molar-refractivity contribution in [2.24, 2.45) is 0 Å². The Morgan fingerprint density at radius 2 is 1.38 bits per heavy atom. The minimum absolute atomic E-state index is 0.143. The molecule has 104 valence electrons. The molecule has 1 aromatic heterocycles. The van der Waals surface area contributed by atoms with E-state index >= 15 is 0 Å². The third-order valence-corrected chi connectivity index (χ3v) is 3.06. The molecule has 0 spiro atoms. The minimum Gasteiger partial charge on any atom is -0.467 e. The summed E-state index contributed by atoms with van der Waals surface area (Å²) in [5.41, 5.74) is 8.81. The molecule has 21 heavy (non-hydrogen) atoms. The zero-order chi connectivity index (χ0) is 14.7. The number of methoxy groups -OCH3 is 1. The normalized spacial score (nSPS) is 10.3. The number of aromatic nitrogens is 3. The molecule has 0 radical (unpaired) electrons. The van der Waals surface area contributed by atoms with Gasteiger partial charge in [-0.05, 0) is 11.1 Å². The fourth-order valence-corrected chi connectivity index (χ4v) is 2.03. The van der Waals surface area contributed by atoms with Crippen LogP contribution in [0.15, 0.2) is 54.6 Å². The van der Waals surface area contributed by atoms with Gasteiger partial charge in [0, 0.05) is 5.56 Å². The van der Waals surface area contributed by atoms with Crippen LogP contribution in [0.5, 0.6) is 6.01 Å². The van der Waals surface area contributed by atoms with E-state index in [-0.39, 0.29) is 12.0 Å². The summed E-state index contributed by atoms with van der Waals surface area (Å²) in [7, 11) is 1.50. The molecule has 0 fully saturated rings. The van der Waals surface area contributed by atoms with Gasteiger partial charge in [-0.3, -0.25) is 0 Å². The van der Waals surface area contributed by atoms with Crippen molar-refractivity contribution in [3.05, 3.63) is 54.6 Å². The zero-order valence-corrected chi connectivity index (χ0v) is 11.5. The average Bonchev–Trinajstić information content (AvgIpc) is 2.55. The first-order chi connectivity index (χ1) is 10.3. The highest BCUT2D eigenvalue weighted by Gasteiger charge is 2.07. The van der Waals surface area contributed by atoms with E-state index in [0.717, 1.165) is 16.7 Å². The Kier molecular flexibility index (Phi) is 3.47. The summed E-state index contributed by atoms with van der Waals surface area (Å²) in [6, 6.07) is 18.3. The predicted octanol–water partition coefficient (Wildman–Crippen LogP) is 2.80. The fraction of sp³-hybridized carbons (Fsp3) is 0.0625. The molecule has 5 nitrogen and oxygen atoms in total. The number of benzene rings is 2. The van der Waals surface area contributed by atoms with Crippen LogP contribution in [0.4, 0.5) is 5.95 Å². The SMILES string of the molecule is COc1nc(N)nc(-c2ccc(-c3ccccc3)cc2)n1. The molecule has 0 aliphatic heterocycles. The van der Waals surface area contributed by atoms with Crippen LogP contribution in [0.3, 0.4) is 0 Å². The van der Waals surface area contributed by atoms with E-state index in [0.29, 0.717) is 5.82 Å². The number of ether oxygens (including phenoxy) is 1. The topological polar surface area (TPSA) is 73.9 Å². The molecule has 0 saturated carbocycles. The van der Waals surface area contributed by atoms with Crippen LogP contribution in [0.1, 0.15) is 0 Å². The molecule has 1 heterocycles. The maximum Gasteiger partial charge on any atom is 0.321 e. The largest absolute Gasteiger partial charge is 0.467 e. The third-order valence-electron chi connectivity index (χ3n) is 3.06. The molecule has 0 aliphatic rings. The van der Waals surface area contributed by atoms with Crippen molar-refractivity contribution in [2.45, 2.75) is 0 Å². The summed E-state index contributed by atoms with van der Waals surface area (Å²) in [5.74, 6) is 0.642. The first-order valence-electron chi connectivity index (χ1n) is 6.47. The molecule has 0 amide bonds. The second kappa shape index (κ2) is 5.58. The summed E-state index contributed by atoms with van der Waals surface area (Å²) in [6.45, 7) is 0. The van der Waals surface area contributed by atoms with Gasteiger partial charge in [0.05, 0.1) is 7.11 Å². The van der Waals surface area contributed by atoms with E-state index in [4.69, 9.17) is 10.5 Å². The van der Waals surface area contributed by atoms with Crippen molar-refractivity contribution in [1.29, 1.82) is 0 Å². The van der Waals surface area contributed by atoms with Crippen LogP contribution in [0, 0.1) is 0 Å². The van der Waals surface area contributed by atoms with Gasteiger partial charge in [0.15, 0.2) is 5.82 Å². The summed E-state index contributed by atoms with van der Waals surface area (Å²) in [5, 5.41) is 0. The van der Waals surface area contributed by atoms with Gasteiger partial charge in [-0.1, -0.05) is 54.6 Å². The quantitative estimate of drug-likeness (QED) is 0.797. The highest BCUT2D eigenvalue weighted by molar-refractivity contribution is 5.67. The molecule has 0 saturated heterocycles. The fourth-order valence-electron chi connectivity index (χ4n) is 2.03. The lowest BCUT2D eigenvalue weighted by Crippen LogP contribution is -2.02. The molecule has 0 bridgehead atoms. The highest BCUT2D eigenvalue weighted by Crippen LogP contribution is 2.23. The number of rotatable bonds is 3. The number of hydrogen-bond acceptors (Lipinski definition) is 5. The van der Waals surface area contributed by atoms with Crippen LogP contribution < -0.4 is 10.5 Å². The molecule has 0 unspecified atom stereocenters. The van der Waals surface area contributed by atoms with Crippen LogP contribution in [0.2, 0.25) is 0 Å². The second-order valence-electron chi connectivity index (χ2n) is 4.45. The van der Waals surface area contributed by atoms with Crippen LogP contribution in [-0.4, -0.2) is 22.1 Å². The van der Waals surface area contributed by atoms with E-state index in [2.05, 4.69) is 27.1 Å². The average molecular weight is 278 g/mol. The Balaban J connectivity index is 1.96. The lowest BCUT2D eigenvalue weighted by molar-refractivity contribution is 0.379. The van der Waals surface area contributed by atoms with Crippen LogP contribution in [-0.2, 0) is 0 Å². The van der Waals surface area contributed by atoms with Gasteiger partial charge in [0.1, 0.15) is 0 Å². The molecule has 2 N–H and O–H groups in total. The molecule has 5 heteroatoms. The van der Waals surface area contributed by atoms with Crippen molar-refractivity contribution >= 4 is 5.95 Å². The number of hydrogen-bond donors (Lipinski definition) is 1. The van der Waals surface area contributed by atoms with Crippen LogP contribution in [0.25, 0.3) is 22.5 Å². The molecule has 3 rings (SSSR count). The Morgan fingerprint density at radius 3 is 2.05 bits per heavy atom. The number of nitrogen functional groups attached to an aromatic ring is 1. The monoisotopic (exact) mass is 278 g/mol. The minimum atomic E-state index is 0.143. The lowest BCUT2D eigenvalue weighted by Gasteiger charge is -2.05.